The van der Waals surface area contributed by atoms with Gasteiger partial charge in [-0.05, 0) is 57.1 Å². The average molecular weight is 315 g/mol. The second kappa shape index (κ2) is 7.87. The van der Waals surface area contributed by atoms with E-state index in [-0.39, 0.29) is 5.91 Å². The number of nitrogens with zero attached hydrogens (tertiary/aromatic N) is 1. The van der Waals surface area contributed by atoms with Crippen LogP contribution in [0.15, 0.2) is 18.2 Å². The van der Waals surface area contributed by atoms with Crippen LogP contribution in [-0.4, -0.2) is 37.0 Å². The van der Waals surface area contributed by atoms with Gasteiger partial charge in [0.1, 0.15) is 0 Å². The lowest BCUT2D eigenvalue weighted by molar-refractivity contribution is 0.0951. The SMILES string of the molecule is O=C(NCCCN1CCCCC1)c1cc(Cl)cc(Cl)c1. The smallest absolute Gasteiger partial charge is 0.251 e. The number of hydrogen-bond acceptors (Lipinski definition) is 2. The third kappa shape index (κ3) is 4.97. The molecule has 0 saturated carbocycles. The van der Waals surface area contributed by atoms with Gasteiger partial charge >= 0.3 is 0 Å². The van der Waals surface area contributed by atoms with Crippen molar-refractivity contribution in [2.24, 2.45) is 0 Å². The van der Waals surface area contributed by atoms with Crippen LogP contribution in [0.4, 0.5) is 0 Å². The van der Waals surface area contributed by atoms with E-state index in [0.29, 0.717) is 22.2 Å². The molecule has 0 spiro atoms. The number of halogens is 2. The standard InChI is InChI=1S/C15H20Cl2N2O/c16-13-9-12(10-14(17)11-13)15(20)18-5-4-8-19-6-2-1-3-7-19/h9-11H,1-8H2,(H,18,20). The van der Waals surface area contributed by atoms with Crippen LogP contribution in [0.1, 0.15) is 36.0 Å². The van der Waals surface area contributed by atoms with Crippen LogP contribution in [0, 0.1) is 0 Å². The molecule has 1 aromatic rings. The number of benzene rings is 1. The molecule has 1 aliphatic heterocycles. The van der Waals surface area contributed by atoms with E-state index in [2.05, 4.69) is 10.2 Å². The normalized spacial score (nSPS) is 16.1. The molecule has 5 heteroatoms. The number of nitrogens with one attached hydrogen (secondary N) is 1. The molecule has 1 fully saturated rings. The van der Waals surface area contributed by atoms with Crippen LogP contribution in [-0.2, 0) is 0 Å². The number of carbonyl (C=O) groups excluding carboxylic acids is 1. The molecule has 1 aliphatic rings. The lowest BCUT2D eigenvalue weighted by Crippen LogP contribution is -2.33. The maximum absolute atomic E-state index is 12.0. The monoisotopic (exact) mass is 314 g/mol. The van der Waals surface area contributed by atoms with Gasteiger partial charge in [0.15, 0.2) is 0 Å². The average Bonchev–Trinajstić information content (AvgIpc) is 2.43. The Balaban J connectivity index is 1.71. The number of likely N-dealkylation sites (tertiary alicyclic amines) is 1. The summed E-state index contributed by atoms with van der Waals surface area (Å²) in [6, 6.07) is 4.89. The molecule has 0 unspecified atom stereocenters. The first-order valence-corrected chi connectivity index (χ1v) is 7.87. The third-order valence-electron chi connectivity index (χ3n) is 3.51. The summed E-state index contributed by atoms with van der Waals surface area (Å²) in [5, 5.41) is 3.87. The van der Waals surface area contributed by atoms with Crippen LogP contribution in [0.2, 0.25) is 10.0 Å². The van der Waals surface area contributed by atoms with Crippen molar-refractivity contribution >= 4 is 29.1 Å². The van der Waals surface area contributed by atoms with E-state index in [1.165, 1.54) is 32.4 Å². The summed E-state index contributed by atoms with van der Waals surface area (Å²) in [5.41, 5.74) is 0.514. The predicted molar refractivity (Wildman–Crippen MR) is 83.7 cm³/mol. The van der Waals surface area contributed by atoms with Gasteiger partial charge in [-0.1, -0.05) is 29.6 Å². The molecule has 0 aliphatic carbocycles. The summed E-state index contributed by atoms with van der Waals surface area (Å²) >= 11 is 11.8. The van der Waals surface area contributed by atoms with E-state index in [1.54, 1.807) is 18.2 Å². The molecule has 20 heavy (non-hydrogen) atoms. The van der Waals surface area contributed by atoms with Crippen molar-refractivity contribution in [2.75, 3.05) is 26.2 Å². The Morgan fingerprint density at radius 1 is 1.10 bits per heavy atom. The highest BCUT2D eigenvalue weighted by atomic mass is 35.5. The van der Waals surface area contributed by atoms with Gasteiger partial charge in [0.05, 0.1) is 0 Å². The molecule has 1 aromatic carbocycles. The molecule has 1 N–H and O–H groups in total. The first-order valence-electron chi connectivity index (χ1n) is 7.12. The zero-order chi connectivity index (χ0) is 14.4. The summed E-state index contributed by atoms with van der Waals surface area (Å²) in [5.74, 6) is -0.118. The van der Waals surface area contributed by atoms with Crippen LogP contribution in [0.25, 0.3) is 0 Å². The Morgan fingerprint density at radius 3 is 2.40 bits per heavy atom. The zero-order valence-corrected chi connectivity index (χ0v) is 13.0. The second-order valence-corrected chi connectivity index (χ2v) is 6.04. The number of hydrogen-bond donors (Lipinski definition) is 1. The van der Waals surface area contributed by atoms with E-state index in [9.17, 15) is 4.79 Å². The first kappa shape index (κ1) is 15.6. The largest absolute Gasteiger partial charge is 0.352 e. The van der Waals surface area contributed by atoms with Gasteiger partial charge in [0.25, 0.3) is 5.91 Å². The van der Waals surface area contributed by atoms with Crippen LogP contribution < -0.4 is 5.32 Å². The minimum atomic E-state index is -0.118. The third-order valence-corrected chi connectivity index (χ3v) is 3.95. The summed E-state index contributed by atoms with van der Waals surface area (Å²) in [4.78, 5) is 14.4. The fourth-order valence-corrected chi connectivity index (χ4v) is 3.00. The molecule has 1 saturated heterocycles. The number of rotatable bonds is 5. The van der Waals surface area contributed by atoms with E-state index in [0.717, 1.165) is 13.0 Å². The van der Waals surface area contributed by atoms with Gasteiger partial charge in [-0.2, -0.15) is 0 Å². The summed E-state index contributed by atoms with van der Waals surface area (Å²) in [6.45, 7) is 4.12. The Morgan fingerprint density at radius 2 is 1.75 bits per heavy atom. The van der Waals surface area contributed by atoms with Crippen LogP contribution in [0.5, 0.6) is 0 Å². The minimum absolute atomic E-state index is 0.118. The highest BCUT2D eigenvalue weighted by Gasteiger charge is 2.10. The van der Waals surface area contributed by atoms with Gasteiger partial charge in [-0.15, -0.1) is 0 Å². The van der Waals surface area contributed by atoms with Gasteiger partial charge in [-0.3, -0.25) is 4.79 Å². The topological polar surface area (TPSA) is 32.3 Å². The van der Waals surface area contributed by atoms with Crippen molar-refractivity contribution in [3.05, 3.63) is 33.8 Å². The number of carbonyl (C=O) groups is 1. The van der Waals surface area contributed by atoms with Crippen molar-refractivity contribution < 1.29 is 4.79 Å². The van der Waals surface area contributed by atoms with Gasteiger partial charge in [0, 0.05) is 22.2 Å². The summed E-state index contributed by atoms with van der Waals surface area (Å²) < 4.78 is 0. The van der Waals surface area contributed by atoms with E-state index in [1.807, 2.05) is 0 Å². The van der Waals surface area contributed by atoms with Crippen molar-refractivity contribution in [2.45, 2.75) is 25.7 Å². The summed E-state index contributed by atoms with van der Waals surface area (Å²) in [6.07, 6.45) is 4.92. The maximum atomic E-state index is 12.0. The second-order valence-electron chi connectivity index (χ2n) is 5.17. The van der Waals surface area contributed by atoms with Gasteiger partial charge in [-0.25, -0.2) is 0 Å². The molecular formula is C15H20Cl2N2O. The van der Waals surface area contributed by atoms with E-state index < -0.39 is 0 Å². The van der Waals surface area contributed by atoms with Crippen molar-refractivity contribution in [3.8, 4) is 0 Å². The Hall–Kier alpha value is -0.770. The Kier molecular flexibility index (Phi) is 6.14. The Labute approximate surface area is 130 Å². The molecule has 0 bridgehead atoms. The quantitative estimate of drug-likeness (QED) is 0.842. The molecule has 0 atom stereocenters. The molecule has 3 nitrogen and oxygen atoms in total. The molecule has 0 aromatic heterocycles. The van der Waals surface area contributed by atoms with Crippen LogP contribution >= 0.6 is 23.2 Å². The lowest BCUT2D eigenvalue weighted by Gasteiger charge is -2.26. The highest BCUT2D eigenvalue weighted by Crippen LogP contribution is 2.18. The molecule has 0 radical (unpaired) electrons. The first-order chi connectivity index (χ1) is 9.65. The number of piperidine rings is 1. The van der Waals surface area contributed by atoms with Crippen molar-refractivity contribution in [1.29, 1.82) is 0 Å². The number of amides is 1. The highest BCUT2D eigenvalue weighted by molar-refractivity contribution is 6.35. The molecular weight excluding hydrogens is 295 g/mol. The van der Waals surface area contributed by atoms with E-state index >= 15 is 0 Å². The minimum Gasteiger partial charge on any atom is -0.352 e. The van der Waals surface area contributed by atoms with Crippen molar-refractivity contribution in [1.82, 2.24) is 10.2 Å². The Bertz CT molecular complexity index is 439. The molecule has 110 valence electrons. The predicted octanol–water partition coefficient (Wildman–Crippen LogP) is 3.60. The molecule has 2 rings (SSSR count). The van der Waals surface area contributed by atoms with Gasteiger partial charge in [0.2, 0.25) is 0 Å². The van der Waals surface area contributed by atoms with Crippen LogP contribution in [0.3, 0.4) is 0 Å². The maximum Gasteiger partial charge on any atom is 0.251 e. The summed E-state index contributed by atoms with van der Waals surface area (Å²) in [7, 11) is 0. The van der Waals surface area contributed by atoms with Crippen molar-refractivity contribution in [3.63, 3.8) is 0 Å². The van der Waals surface area contributed by atoms with E-state index in [4.69, 9.17) is 23.2 Å². The lowest BCUT2D eigenvalue weighted by atomic mass is 10.1. The fraction of sp³-hybridized carbons (Fsp3) is 0.533. The molecule has 1 heterocycles. The van der Waals surface area contributed by atoms with Gasteiger partial charge < -0.3 is 10.2 Å². The molecule has 1 amide bonds. The zero-order valence-electron chi connectivity index (χ0n) is 11.5. The fourth-order valence-electron chi connectivity index (χ4n) is 2.47.